The maximum absolute atomic E-state index is 11.2. The topological polar surface area (TPSA) is 52.3 Å². The van der Waals surface area contributed by atoms with Crippen LogP contribution in [0.3, 0.4) is 0 Å². The number of hydrogen-bond acceptors (Lipinski definition) is 2. The zero-order valence-corrected chi connectivity index (χ0v) is 9.67. The second-order valence-corrected chi connectivity index (χ2v) is 3.39. The van der Waals surface area contributed by atoms with Crippen LogP contribution < -0.4 is 10.5 Å². The number of halogens is 1. The number of methoxy groups -OCH3 is 1. The molecule has 0 spiro atoms. The molecule has 84 valence electrons. The Bertz CT molecular complexity index is 446. The van der Waals surface area contributed by atoms with E-state index in [4.69, 9.17) is 22.1 Å². The maximum atomic E-state index is 11.2. The van der Waals surface area contributed by atoms with Gasteiger partial charge in [0.05, 0.1) is 12.7 Å². The van der Waals surface area contributed by atoms with Crippen LogP contribution in [0, 0.1) is 11.8 Å². The molecule has 0 atom stereocenters. The van der Waals surface area contributed by atoms with Gasteiger partial charge in [-0.25, -0.2) is 0 Å². The highest BCUT2D eigenvalue weighted by Gasteiger charge is 2.07. The number of primary amides is 1. The fourth-order valence-electron chi connectivity index (χ4n) is 1.17. The molecule has 0 radical (unpaired) electrons. The number of nitrogens with two attached hydrogens (primary N) is 1. The van der Waals surface area contributed by atoms with Crippen LogP contribution in [0.15, 0.2) is 18.2 Å². The monoisotopic (exact) mass is 237 g/mol. The molecule has 0 aliphatic rings. The molecule has 0 aromatic heterocycles. The third-order valence-corrected chi connectivity index (χ3v) is 2.12. The molecular formula is C12H12ClNO2. The third-order valence-electron chi connectivity index (χ3n) is 1.93. The highest BCUT2D eigenvalue weighted by molar-refractivity contribution is 6.18. The number of benzene rings is 1. The van der Waals surface area contributed by atoms with Gasteiger partial charge in [0.25, 0.3) is 0 Å². The lowest BCUT2D eigenvalue weighted by Crippen LogP contribution is -2.13. The van der Waals surface area contributed by atoms with E-state index in [9.17, 15) is 4.79 Å². The summed E-state index contributed by atoms with van der Waals surface area (Å²) in [5, 5.41) is 0. The number of amides is 1. The zero-order valence-electron chi connectivity index (χ0n) is 8.92. The fourth-order valence-corrected chi connectivity index (χ4v) is 1.26. The molecule has 4 heteroatoms. The molecule has 1 aromatic carbocycles. The van der Waals surface area contributed by atoms with Crippen molar-refractivity contribution in [2.24, 2.45) is 5.73 Å². The van der Waals surface area contributed by atoms with Gasteiger partial charge in [-0.1, -0.05) is 11.8 Å². The van der Waals surface area contributed by atoms with Crippen molar-refractivity contribution in [3.8, 4) is 17.6 Å². The number of carbonyl (C=O) groups excluding carboxylic acids is 1. The summed E-state index contributed by atoms with van der Waals surface area (Å²) in [6.07, 6.45) is 0.575. The lowest BCUT2D eigenvalue weighted by atomic mass is 10.1. The second kappa shape index (κ2) is 6.04. The molecule has 3 nitrogen and oxygen atoms in total. The summed E-state index contributed by atoms with van der Waals surface area (Å²) in [7, 11) is 1.53. The Morgan fingerprint density at radius 1 is 1.56 bits per heavy atom. The van der Waals surface area contributed by atoms with Crippen LogP contribution in [-0.2, 0) is 0 Å². The molecule has 0 fully saturated rings. The molecule has 0 saturated carbocycles. The molecule has 1 amide bonds. The summed E-state index contributed by atoms with van der Waals surface area (Å²) in [4.78, 5) is 11.2. The lowest BCUT2D eigenvalue weighted by Gasteiger charge is -2.03. The van der Waals surface area contributed by atoms with E-state index in [1.165, 1.54) is 7.11 Å². The van der Waals surface area contributed by atoms with Crippen molar-refractivity contribution in [3.05, 3.63) is 29.3 Å². The Hall–Kier alpha value is -1.66. The van der Waals surface area contributed by atoms with Crippen molar-refractivity contribution in [2.75, 3.05) is 13.0 Å². The number of rotatable bonds is 3. The molecule has 0 unspecified atom stereocenters. The van der Waals surface area contributed by atoms with Gasteiger partial charge in [-0.3, -0.25) is 4.79 Å². The smallest absolute Gasteiger partial charge is 0.250 e. The van der Waals surface area contributed by atoms with Crippen molar-refractivity contribution in [3.63, 3.8) is 0 Å². The summed E-state index contributed by atoms with van der Waals surface area (Å²) in [6, 6.07) is 5.02. The molecule has 0 bridgehead atoms. The lowest BCUT2D eigenvalue weighted by molar-refractivity contribution is 0.0999. The van der Waals surface area contributed by atoms with Gasteiger partial charge in [0.1, 0.15) is 5.75 Å². The average molecular weight is 238 g/mol. The summed E-state index contributed by atoms with van der Waals surface area (Å²) in [5.41, 5.74) is 6.21. The van der Waals surface area contributed by atoms with Crippen LogP contribution in [0.1, 0.15) is 22.3 Å². The number of alkyl halides is 1. The van der Waals surface area contributed by atoms with Gasteiger partial charge in [0.15, 0.2) is 0 Å². The minimum absolute atomic E-state index is 0.362. The van der Waals surface area contributed by atoms with Gasteiger partial charge < -0.3 is 10.5 Å². The summed E-state index contributed by atoms with van der Waals surface area (Å²) in [5.74, 6) is 6.24. The minimum atomic E-state index is -0.519. The molecule has 0 saturated heterocycles. The predicted molar refractivity (Wildman–Crippen MR) is 63.7 cm³/mol. The number of hydrogen-bond donors (Lipinski definition) is 1. The van der Waals surface area contributed by atoms with Gasteiger partial charge in [-0.15, -0.1) is 11.6 Å². The first-order chi connectivity index (χ1) is 7.69. The van der Waals surface area contributed by atoms with Crippen molar-refractivity contribution in [1.82, 2.24) is 0 Å². The molecule has 1 rings (SSSR count). The quantitative estimate of drug-likeness (QED) is 0.644. The van der Waals surface area contributed by atoms with Gasteiger partial charge >= 0.3 is 0 Å². The van der Waals surface area contributed by atoms with Crippen LogP contribution in [0.4, 0.5) is 0 Å². The van der Waals surface area contributed by atoms with E-state index in [0.29, 0.717) is 29.2 Å². The van der Waals surface area contributed by atoms with E-state index < -0.39 is 5.91 Å². The second-order valence-electron chi connectivity index (χ2n) is 3.02. The summed E-state index contributed by atoms with van der Waals surface area (Å²) >= 11 is 5.50. The first-order valence-corrected chi connectivity index (χ1v) is 5.25. The fraction of sp³-hybridized carbons (Fsp3) is 0.250. The maximum Gasteiger partial charge on any atom is 0.250 e. The van der Waals surface area contributed by atoms with E-state index in [1.807, 2.05) is 0 Å². The van der Waals surface area contributed by atoms with E-state index >= 15 is 0 Å². The Balaban J connectivity index is 3.09. The van der Waals surface area contributed by atoms with Crippen molar-refractivity contribution < 1.29 is 9.53 Å². The van der Waals surface area contributed by atoms with Crippen molar-refractivity contribution in [2.45, 2.75) is 6.42 Å². The highest BCUT2D eigenvalue weighted by Crippen LogP contribution is 2.16. The third kappa shape index (κ3) is 3.18. The Morgan fingerprint density at radius 3 is 2.88 bits per heavy atom. The van der Waals surface area contributed by atoms with E-state index in [1.54, 1.807) is 18.2 Å². The highest BCUT2D eigenvalue weighted by atomic mass is 35.5. The Kier molecular flexibility index (Phi) is 4.68. The van der Waals surface area contributed by atoms with Crippen LogP contribution in [0.25, 0.3) is 0 Å². The number of ether oxygens (including phenoxy) is 1. The number of carbonyl (C=O) groups is 1. The predicted octanol–water partition coefficient (Wildman–Crippen LogP) is 1.77. The average Bonchev–Trinajstić information content (AvgIpc) is 2.29. The Morgan fingerprint density at radius 2 is 2.31 bits per heavy atom. The summed E-state index contributed by atoms with van der Waals surface area (Å²) < 4.78 is 5.01. The van der Waals surface area contributed by atoms with E-state index in [2.05, 4.69) is 11.8 Å². The minimum Gasteiger partial charge on any atom is -0.497 e. The summed E-state index contributed by atoms with van der Waals surface area (Å²) in [6.45, 7) is 0. The largest absolute Gasteiger partial charge is 0.497 e. The molecule has 16 heavy (non-hydrogen) atoms. The zero-order chi connectivity index (χ0) is 12.0. The standard InChI is InChI=1S/C12H12ClNO2/c1-16-10-6-5-9(4-2-3-7-13)11(8-10)12(14)15/h5-6,8H,3,7H2,1H3,(H2,14,15). The molecule has 2 N–H and O–H groups in total. The van der Waals surface area contributed by atoms with Gasteiger partial charge in [0, 0.05) is 17.9 Å². The van der Waals surface area contributed by atoms with Crippen molar-refractivity contribution in [1.29, 1.82) is 0 Å². The first-order valence-electron chi connectivity index (χ1n) is 4.71. The van der Waals surface area contributed by atoms with Crippen LogP contribution in [0.5, 0.6) is 5.75 Å². The first kappa shape index (κ1) is 12.4. The molecule has 1 aromatic rings. The van der Waals surface area contributed by atoms with E-state index in [-0.39, 0.29) is 0 Å². The molecule has 0 aliphatic heterocycles. The SMILES string of the molecule is COc1ccc(C#CCCCl)c(C(N)=O)c1. The Labute approximate surface area is 99.5 Å². The van der Waals surface area contributed by atoms with Gasteiger partial charge in [-0.2, -0.15) is 0 Å². The van der Waals surface area contributed by atoms with Gasteiger partial charge in [0.2, 0.25) is 5.91 Å². The molecule has 0 heterocycles. The van der Waals surface area contributed by atoms with Crippen LogP contribution >= 0.6 is 11.6 Å². The van der Waals surface area contributed by atoms with E-state index in [0.717, 1.165) is 0 Å². The van der Waals surface area contributed by atoms with Crippen molar-refractivity contribution >= 4 is 17.5 Å². The molecule has 0 aliphatic carbocycles. The van der Waals surface area contributed by atoms with Crippen LogP contribution in [0.2, 0.25) is 0 Å². The molecular weight excluding hydrogens is 226 g/mol. The van der Waals surface area contributed by atoms with Gasteiger partial charge in [-0.05, 0) is 18.2 Å². The normalized spacial score (nSPS) is 9.12. The van der Waals surface area contributed by atoms with Crippen LogP contribution in [-0.4, -0.2) is 18.9 Å².